The van der Waals surface area contributed by atoms with Crippen LogP contribution in [-0.2, 0) is 25.2 Å². The second-order valence-corrected chi connectivity index (χ2v) is 6.82. The van der Waals surface area contributed by atoms with E-state index in [4.69, 9.17) is 4.74 Å². The smallest absolute Gasteiger partial charge is 0.323 e. The van der Waals surface area contributed by atoms with Crippen molar-refractivity contribution >= 4 is 11.8 Å². The molecular formula is C17H22O5. The Morgan fingerprint density at radius 1 is 1.27 bits per heavy atom. The molecule has 0 bridgehead atoms. The average molecular weight is 306 g/mol. The molecule has 5 heteroatoms. The lowest BCUT2D eigenvalue weighted by molar-refractivity contribution is -0.150. The molecule has 0 aliphatic heterocycles. The Morgan fingerprint density at radius 2 is 1.91 bits per heavy atom. The molecule has 2 rings (SSSR count). The minimum absolute atomic E-state index is 0.204. The molecule has 0 saturated heterocycles. The molecule has 0 spiro atoms. The van der Waals surface area contributed by atoms with Crippen LogP contribution in [0.3, 0.4) is 0 Å². The maximum absolute atomic E-state index is 12.4. The van der Waals surface area contributed by atoms with Crippen molar-refractivity contribution in [3.05, 3.63) is 23.3 Å². The van der Waals surface area contributed by atoms with E-state index in [1.54, 1.807) is 6.07 Å². The predicted molar refractivity (Wildman–Crippen MR) is 81.0 cm³/mol. The van der Waals surface area contributed by atoms with Crippen LogP contribution in [0, 0.1) is 0 Å². The van der Waals surface area contributed by atoms with Gasteiger partial charge in [0.15, 0.2) is 22.7 Å². The number of hydrogen-bond donors (Lipinski definition) is 2. The van der Waals surface area contributed by atoms with E-state index in [1.807, 2.05) is 20.8 Å². The van der Waals surface area contributed by atoms with E-state index < -0.39 is 16.8 Å². The van der Waals surface area contributed by atoms with E-state index in [9.17, 15) is 19.8 Å². The highest BCUT2D eigenvalue weighted by molar-refractivity contribution is 6.11. The first-order valence-electron chi connectivity index (χ1n) is 7.33. The fourth-order valence-corrected chi connectivity index (χ4v) is 3.12. The molecule has 0 radical (unpaired) electrons. The number of ether oxygens (including phenoxy) is 1. The van der Waals surface area contributed by atoms with Gasteiger partial charge in [0.25, 0.3) is 0 Å². The molecule has 120 valence electrons. The van der Waals surface area contributed by atoms with Crippen LogP contribution in [0.2, 0.25) is 0 Å². The van der Waals surface area contributed by atoms with E-state index in [0.29, 0.717) is 30.4 Å². The van der Waals surface area contributed by atoms with Crippen molar-refractivity contribution in [3.63, 3.8) is 0 Å². The number of phenolic OH excluding ortho intramolecular Hbond substituents is 2. The molecule has 1 unspecified atom stereocenters. The highest BCUT2D eigenvalue weighted by Gasteiger charge is 2.51. The summed E-state index contributed by atoms with van der Waals surface area (Å²) >= 11 is 0. The Labute approximate surface area is 129 Å². The van der Waals surface area contributed by atoms with Gasteiger partial charge >= 0.3 is 5.97 Å². The van der Waals surface area contributed by atoms with Crippen LogP contribution in [0.1, 0.15) is 51.2 Å². The number of esters is 1. The fourth-order valence-electron chi connectivity index (χ4n) is 3.12. The molecule has 1 aliphatic rings. The Bertz CT molecular complexity index is 627. The Morgan fingerprint density at radius 3 is 2.36 bits per heavy atom. The fraction of sp³-hybridized carbons (Fsp3) is 0.529. The predicted octanol–water partition coefficient (Wildman–Crippen LogP) is 2.56. The molecule has 1 atom stereocenters. The largest absolute Gasteiger partial charge is 0.504 e. The van der Waals surface area contributed by atoms with Gasteiger partial charge in [0, 0.05) is 12.0 Å². The summed E-state index contributed by atoms with van der Waals surface area (Å²) in [6, 6.07) is 2.93. The van der Waals surface area contributed by atoms with E-state index in [-0.39, 0.29) is 17.3 Å². The maximum atomic E-state index is 12.4. The molecule has 1 aromatic carbocycles. The summed E-state index contributed by atoms with van der Waals surface area (Å²) in [5, 5.41) is 20.1. The van der Waals surface area contributed by atoms with E-state index in [0.717, 1.165) is 0 Å². The minimum Gasteiger partial charge on any atom is -0.504 e. The topological polar surface area (TPSA) is 83.8 Å². The minimum atomic E-state index is -1.38. The number of carbonyl (C=O) groups is 2. The first-order chi connectivity index (χ1) is 10.1. The summed E-state index contributed by atoms with van der Waals surface area (Å²) in [6.45, 7) is 5.64. The highest BCUT2D eigenvalue weighted by Crippen LogP contribution is 2.45. The van der Waals surface area contributed by atoms with Gasteiger partial charge < -0.3 is 14.9 Å². The number of phenols is 2. The monoisotopic (exact) mass is 306 g/mol. The van der Waals surface area contributed by atoms with Gasteiger partial charge in [0.1, 0.15) is 0 Å². The van der Waals surface area contributed by atoms with Gasteiger partial charge in [-0.05, 0) is 36.0 Å². The number of rotatable bonds is 2. The number of hydrogen-bond acceptors (Lipinski definition) is 5. The summed E-state index contributed by atoms with van der Waals surface area (Å²) in [7, 11) is 1.25. The molecule has 1 aromatic rings. The molecule has 2 N–H and O–H groups in total. The molecule has 1 fully saturated rings. The first-order valence-corrected chi connectivity index (χ1v) is 7.33. The third-order valence-corrected chi connectivity index (χ3v) is 4.36. The number of ketones is 1. The second kappa shape index (κ2) is 5.30. The van der Waals surface area contributed by atoms with Crippen molar-refractivity contribution in [2.24, 2.45) is 0 Å². The van der Waals surface area contributed by atoms with Crippen molar-refractivity contribution in [1.29, 1.82) is 0 Å². The lowest BCUT2D eigenvalue weighted by Crippen LogP contribution is -2.41. The SMILES string of the molecule is COC(=O)C1(c2cc(O)c(O)c(C(C)(C)C)c2)CCCC1=O. The van der Waals surface area contributed by atoms with Crippen LogP contribution in [0.15, 0.2) is 12.1 Å². The van der Waals surface area contributed by atoms with Gasteiger partial charge in [-0.2, -0.15) is 0 Å². The third kappa shape index (κ3) is 2.34. The lowest BCUT2D eigenvalue weighted by atomic mass is 9.75. The van der Waals surface area contributed by atoms with Gasteiger partial charge in [-0.3, -0.25) is 9.59 Å². The lowest BCUT2D eigenvalue weighted by Gasteiger charge is -2.28. The highest BCUT2D eigenvalue weighted by atomic mass is 16.5. The zero-order valence-corrected chi connectivity index (χ0v) is 13.4. The normalized spacial score (nSPS) is 21.9. The molecule has 22 heavy (non-hydrogen) atoms. The van der Waals surface area contributed by atoms with Crippen LogP contribution < -0.4 is 0 Å². The Kier molecular flexibility index (Phi) is 3.94. The summed E-state index contributed by atoms with van der Waals surface area (Å²) in [5.74, 6) is -1.36. The number of aromatic hydroxyl groups is 2. The number of methoxy groups -OCH3 is 1. The van der Waals surface area contributed by atoms with Crippen LogP contribution in [0.5, 0.6) is 11.5 Å². The summed E-state index contributed by atoms with van der Waals surface area (Å²) in [6.07, 6.45) is 1.26. The summed E-state index contributed by atoms with van der Waals surface area (Å²) < 4.78 is 4.85. The van der Waals surface area contributed by atoms with Crippen LogP contribution in [-0.4, -0.2) is 29.1 Å². The molecule has 0 amide bonds. The number of carbonyl (C=O) groups excluding carboxylic acids is 2. The standard InChI is InChI=1S/C17H22O5/c1-16(2,3)11-8-10(9-12(18)14(11)20)17(15(21)22-4)7-5-6-13(17)19/h8-9,18,20H,5-7H2,1-4H3. The Hall–Kier alpha value is -2.04. The molecule has 1 aliphatic carbocycles. The van der Waals surface area contributed by atoms with Crippen LogP contribution in [0.4, 0.5) is 0 Å². The van der Waals surface area contributed by atoms with Gasteiger partial charge in [-0.1, -0.05) is 20.8 Å². The second-order valence-electron chi connectivity index (χ2n) is 6.82. The zero-order chi connectivity index (χ0) is 16.7. The molecule has 0 heterocycles. The van der Waals surface area contributed by atoms with E-state index >= 15 is 0 Å². The first kappa shape index (κ1) is 16.3. The molecular weight excluding hydrogens is 284 g/mol. The average Bonchev–Trinajstić information content (AvgIpc) is 2.82. The third-order valence-electron chi connectivity index (χ3n) is 4.36. The summed E-state index contributed by atoms with van der Waals surface area (Å²) in [5.41, 5.74) is -0.941. The van der Waals surface area contributed by atoms with Gasteiger partial charge in [0.2, 0.25) is 0 Å². The van der Waals surface area contributed by atoms with Crippen LogP contribution >= 0.6 is 0 Å². The van der Waals surface area contributed by atoms with Crippen LogP contribution in [0.25, 0.3) is 0 Å². The van der Waals surface area contributed by atoms with Crippen molar-refractivity contribution in [1.82, 2.24) is 0 Å². The Balaban J connectivity index is 2.72. The van der Waals surface area contributed by atoms with E-state index in [1.165, 1.54) is 13.2 Å². The van der Waals surface area contributed by atoms with Crippen molar-refractivity contribution in [3.8, 4) is 11.5 Å². The quantitative estimate of drug-likeness (QED) is 0.498. The van der Waals surface area contributed by atoms with Gasteiger partial charge in [-0.25, -0.2) is 0 Å². The summed E-state index contributed by atoms with van der Waals surface area (Å²) in [4.78, 5) is 24.7. The molecule has 0 aromatic heterocycles. The van der Waals surface area contributed by atoms with Crippen molar-refractivity contribution in [2.75, 3.05) is 7.11 Å². The number of Topliss-reactive ketones (excluding diaryl/α,β-unsaturated/α-hetero) is 1. The zero-order valence-electron chi connectivity index (χ0n) is 13.4. The molecule has 5 nitrogen and oxygen atoms in total. The maximum Gasteiger partial charge on any atom is 0.323 e. The number of benzene rings is 1. The van der Waals surface area contributed by atoms with Crippen molar-refractivity contribution in [2.45, 2.75) is 50.9 Å². The molecule has 1 saturated carbocycles. The van der Waals surface area contributed by atoms with Gasteiger partial charge in [-0.15, -0.1) is 0 Å². The van der Waals surface area contributed by atoms with Crippen molar-refractivity contribution < 1.29 is 24.5 Å². The van der Waals surface area contributed by atoms with Gasteiger partial charge in [0.05, 0.1) is 7.11 Å². The van der Waals surface area contributed by atoms with E-state index in [2.05, 4.69) is 0 Å².